The summed E-state index contributed by atoms with van der Waals surface area (Å²) in [6, 6.07) is 8.05. The molecule has 0 saturated carbocycles. The molecule has 0 aliphatic heterocycles. The van der Waals surface area contributed by atoms with Crippen LogP contribution < -0.4 is 19.6 Å². The molecule has 0 aliphatic rings. The van der Waals surface area contributed by atoms with Gasteiger partial charge in [0.25, 0.3) is 5.91 Å². The molecule has 0 saturated heterocycles. The fraction of sp³-hybridized carbons (Fsp3) is 0.176. The number of methoxy groups -OCH3 is 3. The Morgan fingerprint density at radius 2 is 1.72 bits per heavy atom. The zero-order valence-corrected chi connectivity index (χ0v) is 15.5. The Hall–Kier alpha value is -2.74. The van der Waals surface area contributed by atoms with Crippen molar-refractivity contribution in [2.24, 2.45) is 5.10 Å². The predicted molar refractivity (Wildman–Crippen MR) is 97.0 cm³/mol. The molecule has 2 rings (SSSR count). The molecular weight excluding hydrogens is 392 g/mol. The second-order valence-electron chi connectivity index (χ2n) is 4.85. The number of carbonyl (C=O) groups is 1. The van der Waals surface area contributed by atoms with Crippen LogP contribution in [0.3, 0.4) is 0 Å². The maximum absolute atomic E-state index is 12.2. The van der Waals surface area contributed by atoms with Crippen LogP contribution in [0.15, 0.2) is 39.9 Å². The summed E-state index contributed by atoms with van der Waals surface area (Å²) in [6.45, 7) is 0. The van der Waals surface area contributed by atoms with Crippen LogP contribution in [0.5, 0.6) is 23.0 Å². The van der Waals surface area contributed by atoms with Crippen molar-refractivity contribution in [3.05, 3.63) is 45.9 Å². The lowest BCUT2D eigenvalue weighted by atomic mass is 10.2. The number of hydrogen-bond donors (Lipinski definition) is 2. The number of carbonyl (C=O) groups excluding carboxylic acids is 1. The lowest BCUT2D eigenvalue weighted by Crippen LogP contribution is -2.17. The van der Waals surface area contributed by atoms with Crippen LogP contribution in [0.25, 0.3) is 0 Å². The summed E-state index contributed by atoms with van der Waals surface area (Å²) in [7, 11) is 4.45. The van der Waals surface area contributed by atoms with Gasteiger partial charge in [-0.2, -0.15) is 5.10 Å². The van der Waals surface area contributed by atoms with E-state index in [1.807, 2.05) is 0 Å². The van der Waals surface area contributed by atoms with Crippen molar-refractivity contribution in [1.82, 2.24) is 5.43 Å². The van der Waals surface area contributed by atoms with Crippen molar-refractivity contribution in [2.75, 3.05) is 21.3 Å². The Balaban J connectivity index is 2.14. The normalized spacial score (nSPS) is 10.6. The molecule has 8 heteroatoms. The number of ether oxygens (including phenoxy) is 3. The van der Waals surface area contributed by atoms with Gasteiger partial charge in [-0.05, 0) is 45.8 Å². The van der Waals surface area contributed by atoms with Crippen LogP contribution in [0.4, 0.5) is 0 Å². The summed E-state index contributed by atoms with van der Waals surface area (Å²) in [5.41, 5.74) is 3.40. The van der Waals surface area contributed by atoms with Gasteiger partial charge < -0.3 is 19.3 Å². The number of benzene rings is 2. The highest BCUT2D eigenvalue weighted by molar-refractivity contribution is 9.10. The summed E-state index contributed by atoms with van der Waals surface area (Å²) >= 11 is 3.22. The van der Waals surface area contributed by atoms with E-state index in [9.17, 15) is 9.90 Å². The van der Waals surface area contributed by atoms with Gasteiger partial charge >= 0.3 is 0 Å². The first kappa shape index (κ1) is 18.6. The van der Waals surface area contributed by atoms with Crippen molar-refractivity contribution < 1.29 is 24.1 Å². The van der Waals surface area contributed by atoms with Crippen molar-refractivity contribution >= 4 is 28.1 Å². The number of hydrazone groups is 1. The van der Waals surface area contributed by atoms with Crippen LogP contribution in [0.2, 0.25) is 0 Å². The van der Waals surface area contributed by atoms with Crippen molar-refractivity contribution in [3.8, 4) is 23.0 Å². The fourth-order valence-corrected chi connectivity index (χ4v) is 2.45. The zero-order valence-electron chi connectivity index (χ0n) is 13.9. The smallest absolute Gasteiger partial charge is 0.271 e. The van der Waals surface area contributed by atoms with E-state index in [1.165, 1.54) is 27.5 Å². The number of nitrogens with zero attached hydrogens (tertiary/aromatic N) is 1. The van der Waals surface area contributed by atoms with Crippen molar-refractivity contribution in [2.45, 2.75) is 0 Å². The van der Waals surface area contributed by atoms with E-state index < -0.39 is 5.91 Å². The molecule has 1 amide bonds. The van der Waals surface area contributed by atoms with Crippen LogP contribution >= 0.6 is 15.9 Å². The standard InChI is InChI=1S/C17H17BrN2O5/c1-23-12-6-11(7-13(8-12)24-2)17(22)20-19-9-10-4-14(18)16(21)15(5-10)25-3/h4-9,21H,1-3H3,(H,20,22)/b19-9-. The highest BCUT2D eigenvalue weighted by Gasteiger charge is 2.10. The monoisotopic (exact) mass is 408 g/mol. The first-order valence-electron chi connectivity index (χ1n) is 7.11. The molecule has 25 heavy (non-hydrogen) atoms. The van der Waals surface area contributed by atoms with E-state index in [2.05, 4.69) is 26.5 Å². The third-order valence-electron chi connectivity index (χ3n) is 3.26. The number of amides is 1. The predicted octanol–water partition coefficient (Wildman–Crippen LogP) is 2.94. The Morgan fingerprint density at radius 3 is 2.28 bits per heavy atom. The lowest BCUT2D eigenvalue weighted by molar-refractivity contribution is 0.0954. The SMILES string of the molecule is COc1cc(OC)cc(C(=O)N/N=C\c2cc(Br)c(O)c(OC)c2)c1. The molecule has 0 bridgehead atoms. The Labute approximate surface area is 153 Å². The molecule has 0 atom stereocenters. The van der Waals surface area contributed by atoms with Gasteiger partial charge in [-0.3, -0.25) is 4.79 Å². The van der Waals surface area contributed by atoms with Gasteiger partial charge in [0.2, 0.25) is 0 Å². The minimum absolute atomic E-state index is 0.00726. The molecule has 0 spiro atoms. The second-order valence-corrected chi connectivity index (χ2v) is 5.71. The summed E-state index contributed by atoms with van der Waals surface area (Å²) < 4.78 is 15.8. The average molecular weight is 409 g/mol. The number of nitrogens with one attached hydrogen (secondary N) is 1. The highest BCUT2D eigenvalue weighted by atomic mass is 79.9. The van der Waals surface area contributed by atoms with Gasteiger partial charge in [-0.1, -0.05) is 0 Å². The third-order valence-corrected chi connectivity index (χ3v) is 3.87. The third kappa shape index (κ3) is 4.63. The van der Waals surface area contributed by atoms with E-state index >= 15 is 0 Å². The number of halogens is 1. The van der Waals surface area contributed by atoms with Gasteiger partial charge in [0.1, 0.15) is 11.5 Å². The highest BCUT2D eigenvalue weighted by Crippen LogP contribution is 2.34. The quantitative estimate of drug-likeness (QED) is 0.566. The molecule has 0 heterocycles. The van der Waals surface area contributed by atoms with Crippen molar-refractivity contribution in [3.63, 3.8) is 0 Å². The Morgan fingerprint density at radius 1 is 1.08 bits per heavy atom. The van der Waals surface area contributed by atoms with E-state index in [1.54, 1.807) is 30.3 Å². The molecule has 0 unspecified atom stereocenters. The molecule has 2 aromatic carbocycles. The number of hydrogen-bond acceptors (Lipinski definition) is 6. The van der Waals surface area contributed by atoms with Gasteiger partial charge in [-0.25, -0.2) is 5.43 Å². The molecule has 7 nitrogen and oxygen atoms in total. The first-order valence-corrected chi connectivity index (χ1v) is 7.90. The molecule has 0 aliphatic carbocycles. The van der Waals surface area contributed by atoms with Crippen LogP contribution in [0, 0.1) is 0 Å². The largest absolute Gasteiger partial charge is 0.503 e. The summed E-state index contributed by atoms with van der Waals surface area (Å²) in [5.74, 6) is 0.867. The molecular formula is C17H17BrN2O5. The molecule has 132 valence electrons. The van der Waals surface area contributed by atoms with Gasteiger partial charge in [-0.15, -0.1) is 0 Å². The number of aromatic hydroxyl groups is 1. The second kappa shape index (κ2) is 8.39. The van der Waals surface area contributed by atoms with Crippen LogP contribution in [0.1, 0.15) is 15.9 Å². The van der Waals surface area contributed by atoms with Crippen molar-refractivity contribution in [1.29, 1.82) is 0 Å². The lowest BCUT2D eigenvalue weighted by Gasteiger charge is -2.08. The minimum atomic E-state index is -0.418. The maximum atomic E-state index is 12.2. The first-order chi connectivity index (χ1) is 12.0. The van der Waals surface area contributed by atoms with Gasteiger partial charge in [0, 0.05) is 11.6 Å². The number of phenols is 1. The van der Waals surface area contributed by atoms with Gasteiger partial charge in [0.15, 0.2) is 11.5 Å². The molecule has 0 radical (unpaired) electrons. The zero-order chi connectivity index (χ0) is 18.4. The average Bonchev–Trinajstić information content (AvgIpc) is 2.63. The molecule has 2 aromatic rings. The van der Waals surface area contributed by atoms with Crippen LogP contribution in [-0.4, -0.2) is 38.6 Å². The number of rotatable bonds is 6. The molecule has 0 aromatic heterocycles. The van der Waals surface area contributed by atoms with E-state index in [0.29, 0.717) is 32.8 Å². The maximum Gasteiger partial charge on any atom is 0.271 e. The Bertz CT molecular complexity index is 786. The summed E-state index contributed by atoms with van der Waals surface area (Å²) in [4.78, 5) is 12.2. The van der Waals surface area contributed by atoms with Crippen LogP contribution in [-0.2, 0) is 0 Å². The topological polar surface area (TPSA) is 89.4 Å². The molecule has 2 N–H and O–H groups in total. The number of phenolic OH excluding ortho intramolecular Hbond substituents is 1. The van der Waals surface area contributed by atoms with Gasteiger partial charge in [0.05, 0.1) is 32.0 Å². The van der Waals surface area contributed by atoms with E-state index in [4.69, 9.17) is 14.2 Å². The Kier molecular flexibility index (Phi) is 6.24. The summed E-state index contributed by atoms with van der Waals surface area (Å²) in [5, 5.41) is 13.7. The van der Waals surface area contributed by atoms with E-state index in [0.717, 1.165) is 0 Å². The minimum Gasteiger partial charge on any atom is -0.503 e. The van der Waals surface area contributed by atoms with E-state index in [-0.39, 0.29) is 5.75 Å². The molecule has 0 fully saturated rings. The fourth-order valence-electron chi connectivity index (χ4n) is 1.99. The summed E-state index contributed by atoms with van der Waals surface area (Å²) in [6.07, 6.45) is 1.43.